The Kier molecular flexibility index (Phi) is 4.33. The molecule has 10 heteroatoms. The van der Waals surface area contributed by atoms with Crippen LogP contribution in [0, 0.1) is 0 Å². The minimum absolute atomic E-state index is 0.0176. The van der Waals surface area contributed by atoms with Crippen molar-refractivity contribution in [2.45, 2.75) is 6.18 Å². The Morgan fingerprint density at radius 3 is 2.50 bits per heavy atom. The van der Waals surface area contributed by atoms with Crippen molar-refractivity contribution in [1.29, 1.82) is 0 Å². The number of nitrogens with zero attached hydrogens (tertiary/aromatic N) is 3. The number of carbonyl (C=O) groups excluding carboxylic acids is 2. The zero-order valence-corrected chi connectivity index (χ0v) is 13.1. The molecule has 3 rings (SSSR count). The van der Waals surface area contributed by atoms with E-state index in [1.807, 2.05) is 0 Å². The van der Waals surface area contributed by atoms with Gasteiger partial charge in [0.2, 0.25) is 0 Å². The van der Waals surface area contributed by atoms with E-state index in [9.17, 15) is 22.8 Å². The Morgan fingerprint density at radius 2 is 1.88 bits per heavy atom. The average Bonchev–Trinajstić information content (AvgIpc) is 3.03. The van der Waals surface area contributed by atoms with Crippen molar-refractivity contribution in [1.82, 2.24) is 19.7 Å². The number of primary amides is 1. The predicted octanol–water partition coefficient (Wildman–Crippen LogP) is 1.79. The number of nitrogens with two attached hydrogens (primary N) is 1. The summed E-state index contributed by atoms with van der Waals surface area (Å²) in [5.74, 6) is -1.85. The number of benzene rings is 1. The van der Waals surface area contributed by atoms with Gasteiger partial charge >= 0.3 is 6.18 Å². The first-order chi connectivity index (χ1) is 12.3. The first kappa shape index (κ1) is 17.4. The maximum Gasteiger partial charge on any atom is 0.405 e. The van der Waals surface area contributed by atoms with Gasteiger partial charge in [-0.3, -0.25) is 14.0 Å². The monoisotopic (exact) mass is 363 g/mol. The largest absolute Gasteiger partial charge is 0.405 e. The van der Waals surface area contributed by atoms with E-state index >= 15 is 0 Å². The summed E-state index contributed by atoms with van der Waals surface area (Å²) in [7, 11) is 0. The van der Waals surface area contributed by atoms with Crippen LogP contribution in [0.5, 0.6) is 0 Å². The fourth-order valence-electron chi connectivity index (χ4n) is 2.35. The molecular weight excluding hydrogens is 351 g/mol. The van der Waals surface area contributed by atoms with Crippen LogP contribution in [-0.4, -0.2) is 38.9 Å². The second-order valence-corrected chi connectivity index (χ2v) is 5.34. The Bertz CT molecular complexity index is 983. The van der Waals surface area contributed by atoms with Gasteiger partial charge in [0, 0.05) is 5.56 Å². The fraction of sp³-hybridized carbons (Fsp3) is 0.125. The lowest BCUT2D eigenvalue weighted by Crippen LogP contribution is -2.34. The Hall–Kier alpha value is -3.43. The molecular formula is C16H12F3N5O2. The quantitative estimate of drug-likeness (QED) is 0.738. The highest BCUT2D eigenvalue weighted by molar-refractivity contribution is 5.99. The number of amides is 2. The minimum atomic E-state index is -4.56. The molecule has 2 aromatic heterocycles. The van der Waals surface area contributed by atoms with Gasteiger partial charge in [0.25, 0.3) is 11.8 Å². The molecule has 2 heterocycles. The van der Waals surface area contributed by atoms with Crippen LogP contribution in [-0.2, 0) is 0 Å². The number of aromatic nitrogens is 3. The standard InChI is InChI=1S/C16H12F3N5O2/c17-16(18,19)7-21-15(26)11-6-10(9-4-2-1-3-5-9)23-14-12(13(20)25)22-8-24(11)14/h1-6,8H,7H2,(H2,20,25)(H,21,26). The molecule has 0 fully saturated rings. The van der Waals surface area contributed by atoms with Gasteiger partial charge in [0.15, 0.2) is 11.3 Å². The molecule has 0 radical (unpaired) electrons. The molecule has 3 N–H and O–H groups in total. The van der Waals surface area contributed by atoms with E-state index in [-0.39, 0.29) is 17.0 Å². The number of nitrogens with one attached hydrogen (secondary N) is 1. The molecule has 0 unspecified atom stereocenters. The van der Waals surface area contributed by atoms with Crippen LogP contribution in [0.4, 0.5) is 13.2 Å². The maximum atomic E-state index is 12.4. The van der Waals surface area contributed by atoms with Crippen LogP contribution in [0.3, 0.4) is 0 Å². The number of hydrogen-bond donors (Lipinski definition) is 2. The van der Waals surface area contributed by atoms with E-state index in [1.165, 1.54) is 6.07 Å². The van der Waals surface area contributed by atoms with Crippen LogP contribution in [0.1, 0.15) is 21.0 Å². The fourth-order valence-corrected chi connectivity index (χ4v) is 2.35. The van der Waals surface area contributed by atoms with Crippen LogP contribution in [0.25, 0.3) is 16.9 Å². The second-order valence-electron chi connectivity index (χ2n) is 5.34. The highest BCUT2D eigenvalue weighted by Gasteiger charge is 2.29. The van der Waals surface area contributed by atoms with Gasteiger partial charge in [0.1, 0.15) is 18.6 Å². The smallest absolute Gasteiger partial charge is 0.364 e. The van der Waals surface area contributed by atoms with Crippen molar-refractivity contribution in [2.24, 2.45) is 5.73 Å². The molecule has 0 aliphatic rings. The number of rotatable bonds is 4. The van der Waals surface area contributed by atoms with Gasteiger partial charge in [-0.2, -0.15) is 13.2 Å². The van der Waals surface area contributed by atoms with Crippen molar-refractivity contribution in [3.63, 3.8) is 0 Å². The molecule has 1 aromatic carbocycles. The molecule has 26 heavy (non-hydrogen) atoms. The number of alkyl halides is 3. The van der Waals surface area contributed by atoms with Gasteiger partial charge in [-0.15, -0.1) is 0 Å². The van der Waals surface area contributed by atoms with E-state index < -0.39 is 24.5 Å². The number of halogens is 3. The molecule has 0 saturated heterocycles. The molecule has 0 bridgehead atoms. The summed E-state index contributed by atoms with van der Waals surface area (Å²) in [5, 5.41) is 1.79. The van der Waals surface area contributed by atoms with E-state index in [0.717, 1.165) is 10.7 Å². The molecule has 0 aliphatic carbocycles. The minimum Gasteiger partial charge on any atom is -0.364 e. The number of carbonyl (C=O) groups is 2. The highest BCUT2D eigenvalue weighted by atomic mass is 19.4. The summed E-state index contributed by atoms with van der Waals surface area (Å²) in [5.41, 5.74) is 5.79. The van der Waals surface area contributed by atoms with Crippen molar-refractivity contribution < 1.29 is 22.8 Å². The van der Waals surface area contributed by atoms with Crippen LogP contribution in [0.2, 0.25) is 0 Å². The molecule has 7 nitrogen and oxygen atoms in total. The third kappa shape index (κ3) is 3.48. The number of imidazole rings is 1. The Morgan fingerprint density at radius 1 is 1.19 bits per heavy atom. The van der Waals surface area contributed by atoms with Crippen LogP contribution >= 0.6 is 0 Å². The van der Waals surface area contributed by atoms with E-state index in [2.05, 4.69) is 9.97 Å². The Balaban J connectivity index is 2.14. The first-order valence-corrected chi connectivity index (χ1v) is 7.34. The van der Waals surface area contributed by atoms with Gasteiger partial charge in [-0.25, -0.2) is 9.97 Å². The average molecular weight is 363 g/mol. The van der Waals surface area contributed by atoms with Gasteiger partial charge in [-0.1, -0.05) is 30.3 Å². The summed E-state index contributed by atoms with van der Waals surface area (Å²) in [6.45, 7) is -1.49. The third-order valence-corrected chi connectivity index (χ3v) is 3.49. The SMILES string of the molecule is NC(=O)c1ncn2c(C(=O)NCC(F)(F)F)cc(-c3ccccc3)nc12. The topological polar surface area (TPSA) is 102 Å². The number of hydrogen-bond acceptors (Lipinski definition) is 4. The molecule has 0 atom stereocenters. The second kappa shape index (κ2) is 6.47. The van der Waals surface area contributed by atoms with Gasteiger partial charge in [0.05, 0.1) is 5.69 Å². The van der Waals surface area contributed by atoms with Crippen molar-refractivity contribution >= 4 is 17.5 Å². The van der Waals surface area contributed by atoms with Crippen LogP contribution in [0.15, 0.2) is 42.7 Å². The molecule has 0 spiro atoms. The molecule has 3 aromatic rings. The van der Waals surface area contributed by atoms with Crippen molar-refractivity contribution in [3.8, 4) is 11.3 Å². The third-order valence-electron chi connectivity index (χ3n) is 3.49. The molecule has 2 amide bonds. The van der Waals surface area contributed by atoms with E-state index in [1.54, 1.807) is 35.6 Å². The zero-order valence-electron chi connectivity index (χ0n) is 13.1. The van der Waals surface area contributed by atoms with Gasteiger partial charge < -0.3 is 11.1 Å². The summed E-state index contributed by atoms with van der Waals surface area (Å²) in [6, 6.07) is 9.96. The molecule has 134 valence electrons. The summed E-state index contributed by atoms with van der Waals surface area (Å²) in [6.07, 6.45) is -3.45. The lowest BCUT2D eigenvalue weighted by Gasteiger charge is -2.11. The Labute approximate surface area is 144 Å². The van der Waals surface area contributed by atoms with Gasteiger partial charge in [-0.05, 0) is 6.07 Å². The number of fused-ring (bicyclic) bond motifs is 1. The summed E-state index contributed by atoms with van der Waals surface area (Å²) < 4.78 is 38.3. The van der Waals surface area contributed by atoms with E-state index in [4.69, 9.17) is 5.73 Å². The zero-order chi connectivity index (χ0) is 18.9. The predicted molar refractivity (Wildman–Crippen MR) is 85.3 cm³/mol. The van der Waals surface area contributed by atoms with E-state index in [0.29, 0.717) is 11.3 Å². The summed E-state index contributed by atoms with van der Waals surface area (Å²) in [4.78, 5) is 31.9. The lowest BCUT2D eigenvalue weighted by atomic mass is 10.1. The maximum absolute atomic E-state index is 12.4. The summed E-state index contributed by atoms with van der Waals surface area (Å²) >= 11 is 0. The van der Waals surface area contributed by atoms with Crippen molar-refractivity contribution in [2.75, 3.05) is 6.54 Å². The normalized spacial score (nSPS) is 11.5. The lowest BCUT2D eigenvalue weighted by molar-refractivity contribution is -0.123. The van der Waals surface area contributed by atoms with Crippen LogP contribution < -0.4 is 11.1 Å². The highest BCUT2D eigenvalue weighted by Crippen LogP contribution is 2.21. The molecule has 0 saturated carbocycles. The molecule has 0 aliphatic heterocycles. The van der Waals surface area contributed by atoms with Crippen molar-refractivity contribution in [3.05, 3.63) is 54.1 Å². The first-order valence-electron chi connectivity index (χ1n) is 7.34.